The summed E-state index contributed by atoms with van der Waals surface area (Å²) in [5, 5.41) is 13.6. The van der Waals surface area contributed by atoms with Crippen molar-refractivity contribution < 1.29 is 13.9 Å². The van der Waals surface area contributed by atoms with E-state index in [9.17, 15) is 0 Å². The van der Waals surface area contributed by atoms with Crippen molar-refractivity contribution >= 4 is 96.1 Å². The standard InChI is InChI=1S/C44H32P2.2BrH.Pd/c1-5-19-35(20-6-1)45(36-21-7-2-8-22-36)41-31-29-33-17-13-15-27-39(33)43(41)44-40-28-16-14-18-34(40)30-32-42(44)46(37-23-9-3-10-24-37)38-25-11-4-12-26-38;;;/h1-32H;2*1H;/q;;;+2. The Balaban J connectivity index is 0.00000122. The maximum absolute atomic E-state index is 3.11. The van der Waals surface area contributed by atoms with Gasteiger partial charge in [-0.05, 0) is 82.2 Å². The summed E-state index contributed by atoms with van der Waals surface area (Å²) in [6.45, 7) is 0. The van der Waals surface area contributed by atoms with Gasteiger partial charge in [0.25, 0.3) is 0 Å². The second kappa shape index (κ2) is 16.6. The molecule has 49 heavy (non-hydrogen) atoms. The average Bonchev–Trinajstić information content (AvgIpc) is 3.17. The fraction of sp³-hybridized carbons (Fsp3) is 0. The van der Waals surface area contributed by atoms with Gasteiger partial charge in [0.2, 0.25) is 0 Å². The van der Waals surface area contributed by atoms with Gasteiger partial charge in [0.05, 0.1) is 15.8 Å². The molecule has 0 amide bonds. The second-order valence-electron chi connectivity index (χ2n) is 11.7. The average molecular weight is 891 g/mol. The quantitative estimate of drug-likeness (QED) is 0.111. The number of halogens is 2. The second-order valence-corrected chi connectivity index (χ2v) is 23.7. The van der Waals surface area contributed by atoms with Gasteiger partial charge < -0.3 is 0 Å². The van der Waals surface area contributed by atoms with Gasteiger partial charge in [-0.2, -0.15) is 0 Å². The monoisotopic (exact) mass is 888 g/mol. The number of rotatable bonds is 7. The van der Waals surface area contributed by atoms with Crippen LogP contribution in [0.5, 0.6) is 0 Å². The van der Waals surface area contributed by atoms with Crippen molar-refractivity contribution in [3.63, 3.8) is 0 Å². The zero-order valence-corrected chi connectivity index (χ0v) is 33.3. The SMILES string of the molecule is [Br][Pd][Br].c1ccc([PH+](c2ccccc2)c2ccc3ccccc3c2-c2c([PH+](c3ccccc3)c3ccccc3)ccc3ccccc23)cc1. The predicted octanol–water partition coefficient (Wildman–Crippen LogP) is 10.3. The molecular weight excluding hydrogens is 857 g/mol. The van der Waals surface area contributed by atoms with Crippen molar-refractivity contribution in [1.29, 1.82) is 0 Å². The minimum absolute atomic E-state index is 0.575. The Morgan fingerprint density at radius 2 is 0.571 bits per heavy atom. The molecule has 0 aliphatic rings. The Hall–Kier alpha value is -3.24. The number of fused-ring (bicyclic) bond motifs is 2. The van der Waals surface area contributed by atoms with Crippen LogP contribution in [0.25, 0.3) is 32.7 Å². The first kappa shape index (κ1) is 34.2. The summed E-state index contributed by atoms with van der Waals surface area (Å²) in [4.78, 5) is 0. The van der Waals surface area contributed by atoms with Crippen LogP contribution < -0.4 is 31.8 Å². The van der Waals surface area contributed by atoms with Crippen LogP contribution in [0.1, 0.15) is 0 Å². The van der Waals surface area contributed by atoms with Crippen LogP contribution in [0, 0.1) is 0 Å². The van der Waals surface area contributed by atoms with Gasteiger partial charge in [-0.1, -0.05) is 133 Å². The van der Waals surface area contributed by atoms with Crippen LogP contribution in [0.3, 0.4) is 0 Å². The molecule has 0 N–H and O–H groups in total. The van der Waals surface area contributed by atoms with Gasteiger partial charge in [-0.3, -0.25) is 0 Å². The van der Waals surface area contributed by atoms with Crippen LogP contribution in [-0.2, 0) is 13.9 Å². The first-order chi connectivity index (χ1) is 24.3. The van der Waals surface area contributed by atoms with E-state index in [1.54, 1.807) is 0 Å². The van der Waals surface area contributed by atoms with Crippen molar-refractivity contribution in [1.82, 2.24) is 0 Å². The summed E-state index contributed by atoms with van der Waals surface area (Å²) in [7, 11) is -2.74. The van der Waals surface area contributed by atoms with E-state index in [0.717, 1.165) is 0 Å². The normalized spacial score (nSPS) is 11.2. The first-order valence-electron chi connectivity index (χ1n) is 16.1. The summed E-state index contributed by atoms with van der Waals surface area (Å²) in [5.41, 5.74) is 2.75. The van der Waals surface area contributed by atoms with Crippen LogP contribution >= 0.6 is 42.7 Å². The maximum atomic E-state index is 3.11. The molecule has 0 heterocycles. The summed E-state index contributed by atoms with van der Waals surface area (Å²) < 4.78 is 0. The summed E-state index contributed by atoms with van der Waals surface area (Å²) in [6, 6.07) is 72.2. The van der Waals surface area contributed by atoms with Gasteiger partial charge in [-0.25, -0.2) is 0 Å². The molecule has 0 fully saturated rings. The van der Waals surface area contributed by atoms with E-state index in [2.05, 4.69) is 221 Å². The molecule has 5 heteroatoms. The molecule has 0 aliphatic carbocycles. The third-order valence-electron chi connectivity index (χ3n) is 8.90. The minimum atomic E-state index is -1.37. The first-order valence-corrected chi connectivity index (χ1v) is 26.2. The fourth-order valence-corrected chi connectivity index (χ4v) is 12.4. The molecule has 8 rings (SSSR count). The van der Waals surface area contributed by atoms with Crippen molar-refractivity contribution in [3.05, 3.63) is 194 Å². The molecular formula is C44H34Br2P2Pd+2. The predicted molar refractivity (Wildman–Crippen MR) is 225 cm³/mol. The van der Waals surface area contributed by atoms with Gasteiger partial charge in [0.15, 0.2) is 0 Å². The van der Waals surface area contributed by atoms with Gasteiger partial charge in [0, 0.05) is 11.1 Å². The topological polar surface area (TPSA) is 0 Å². The van der Waals surface area contributed by atoms with E-state index in [1.807, 2.05) is 0 Å². The molecule has 0 atom stereocenters. The Labute approximate surface area is 312 Å². The third kappa shape index (κ3) is 7.46. The van der Waals surface area contributed by atoms with E-state index >= 15 is 0 Å². The largest absolute Gasteiger partial charge is 0.111 e. The zero-order valence-electron chi connectivity index (χ0n) is 26.5. The molecule has 8 aromatic carbocycles. The fourth-order valence-electron chi connectivity index (χ4n) is 6.87. The van der Waals surface area contributed by atoms with Gasteiger partial charge in [0.1, 0.15) is 31.8 Å². The van der Waals surface area contributed by atoms with Crippen molar-refractivity contribution in [2.45, 2.75) is 0 Å². The molecule has 0 radical (unpaired) electrons. The molecule has 0 saturated heterocycles. The minimum Gasteiger partial charge on any atom is -0.0620 e. The van der Waals surface area contributed by atoms with Crippen LogP contribution in [-0.4, -0.2) is 0 Å². The Bertz CT molecular complexity index is 2040. The Morgan fingerprint density at radius 1 is 0.306 bits per heavy atom. The molecule has 0 nitrogen and oxygen atoms in total. The molecule has 0 unspecified atom stereocenters. The number of benzene rings is 8. The van der Waals surface area contributed by atoms with Crippen molar-refractivity contribution in [2.24, 2.45) is 0 Å². The molecule has 0 aromatic heterocycles. The van der Waals surface area contributed by atoms with Crippen LogP contribution in [0.2, 0.25) is 0 Å². The van der Waals surface area contributed by atoms with E-state index in [1.165, 1.54) is 64.5 Å². The molecule has 0 aliphatic heterocycles. The molecule has 0 bridgehead atoms. The molecule has 0 saturated carbocycles. The number of hydrogen-bond donors (Lipinski definition) is 0. The van der Waals surface area contributed by atoms with Gasteiger partial charge in [-0.15, -0.1) is 0 Å². The van der Waals surface area contributed by atoms with E-state index < -0.39 is 15.8 Å². The Kier molecular flexibility index (Phi) is 11.6. The van der Waals surface area contributed by atoms with Gasteiger partial charge >= 0.3 is 40.8 Å². The summed E-state index contributed by atoms with van der Waals surface area (Å²) >= 11 is 6.80. The van der Waals surface area contributed by atoms with Crippen molar-refractivity contribution in [3.8, 4) is 11.1 Å². The Morgan fingerprint density at radius 3 is 0.878 bits per heavy atom. The zero-order chi connectivity index (χ0) is 33.4. The maximum Gasteiger partial charge on any atom is 0.111 e. The molecule has 8 aromatic rings. The third-order valence-corrected chi connectivity index (χ3v) is 14.4. The van der Waals surface area contributed by atoms with Crippen molar-refractivity contribution in [2.75, 3.05) is 0 Å². The van der Waals surface area contributed by atoms with Crippen LogP contribution in [0.15, 0.2) is 194 Å². The molecule has 0 spiro atoms. The van der Waals surface area contributed by atoms with E-state index in [-0.39, 0.29) is 0 Å². The smallest absolute Gasteiger partial charge is 0.0620 e. The summed E-state index contributed by atoms with van der Waals surface area (Å²) in [6.07, 6.45) is 0. The van der Waals surface area contributed by atoms with E-state index in [0.29, 0.717) is 13.9 Å². The van der Waals surface area contributed by atoms with E-state index in [4.69, 9.17) is 0 Å². The van der Waals surface area contributed by atoms with Crippen LogP contribution in [0.4, 0.5) is 0 Å². The number of hydrogen-bond acceptors (Lipinski definition) is 0. The molecule has 242 valence electrons. The summed E-state index contributed by atoms with van der Waals surface area (Å²) in [5.74, 6) is 0.